The molecule has 0 atom stereocenters. The van der Waals surface area contributed by atoms with Gasteiger partial charge in [-0.2, -0.15) is 0 Å². The summed E-state index contributed by atoms with van der Waals surface area (Å²) >= 11 is 1.52. The van der Waals surface area contributed by atoms with Gasteiger partial charge in [-0.05, 0) is 55.7 Å². The average Bonchev–Trinajstić information content (AvgIpc) is 3.15. The second-order valence-electron chi connectivity index (χ2n) is 7.70. The van der Waals surface area contributed by atoms with Gasteiger partial charge in [0.1, 0.15) is 5.82 Å². The maximum atomic E-state index is 13.8. The van der Waals surface area contributed by atoms with Crippen LogP contribution in [0.3, 0.4) is 0 Å². The summed E-state index contributed by atoms with van der Waals surface area (Å²) in [7, 11) is 0. The number of amides is 1. The molecule has 0 spiro atoms. The van der Waals surface area contributed by atoms with Crippen LogP contribution in [0.25, 0.3) is 10.2 Å². The highest BCUT2D eigenvalue weighted by atomic mass is 32.1. The second-order valence-corrected chi connectivity index (χ2v) is 8.68. The van der Waals surface area contributed by atoms with E-state index in [9.17, 15) is 9.18 Å². The summed E-state index contributed by atoms with van der Waals surface area (Å²) in [6, 6.07) is 10.0. The lowest BCUT2D eigenvalue weighted by Crippen LogP contribution is -2.39. The van der Waals surface area contributed by atoms with Crippen molar-refractivity contribution in [3.8, 4) is 0 Å². The average molecular weight is 428 g/mol. The van der Waals surface area contributed by atoms with Crippen LogP contribution in [0.5, 0.6) is 0 Å². The van der Waals surface area contributed by atoms with Crippen molar-refractivity contribution in [3.05, 3.63) is 58.9 Å². The molecule has 1 amide bonds. The van der Waals surface area contributed by atoms with Crippen molar-refractivity contribution >= 4 is 32.6 Å². The van der Waals surface area contributed by atoms with E-state index in [-0.39, 0.29) is 5.91 Å². The van der Waals surface area contributed by atoms with E-state index in [1.165, 1.54) is 23.5 Å². The van der Waals surface area contributed by atoms with Gasteiger partial charge in [0.2, 0.25) is 0 Å². The first-order valence-electron chi connectivity index (χ1n) is 10.3. The molecule has 0 bridgehead atoms. The molecular weight excluding hydrogens is 401 g/mol. The number of nitrogens with zero attached hydrogens (tertiary/aromatic N) is 3. The lowest BCUT2D eigenvalue weighted by Gasteiger charge is -2.27. The number of aromatic nitrogens is 1. The Hall–Kier alpha value is -2.35. The predicted octanol–water partition coefficient (Wildman–Crippen LogP) is 4.42. The molecule has 7 heteroatoms. The van der Waals surface area contributed by atoms with E-state index in [4.69, 9.17) is 9.72 Å². The van der Waals surface area contributed by atoms with Gasteiger partial charge in [0, 0.05) is 31.7 Å². The van der Waals surface area contributed by atoms with Crippen LogP contribution < -0.4 is 4.90 Å². The maximum Gasteiger partial charge on any atom is 0.260 e. The van der Waals surface area contributed by atoms with Crippen LogP contribution in [0, 0.1) is 19.7 Å². The number of carbonyl (C=O) groups is 1. The highest BCUT2D eigenvalue weighted by molar-refractivity contribution is 7.22. The third kappa shape index (κ3) is 4.69. The lowest BCUT2D eigenvalue weighted by molar-refractivity contribution is 0.0376. The van der Waals surface area contributed by atoms with Gasteiger partial charge in [-0.1, -0.05) is 23.5 Å². The normalized spacial score (nSPS) is 14.9. The summed E-state index contributed by atoms with van der Waals surface area (Å²) in [5.41, 5.74) is 3.54. The molecule has 3 aromatic rings. The predicted molar refractivity (Wildman–Crippen MR) is 119 cm³/mol. The molecule has 1 aromatic heterocycles. The highest BCUT2D eigenvalue weighted by Gasteiger charge is 2.22. The van der Waals surface area contributed by atoms with Crippen LogP contribution in [0.2, 0.25) is 0 Å². The fourth-order valence-corrected chi connectivity index (χ4v) is 4.86. The highest BCUT2D eigenvalue weighted by Crippen LogP contribution is 2.33. The van der Waals surface area contributed by atoms with E-state index in [1.54, 1.807) is 17.0 Å². The molecule has 4 rings (SSSR count). The van der Waals surface area contributed by atoms with Crippen molar-refractivity contribution in [1.29, 1.82) is 0 Å². The second kappa shape index (κ2) is 9.20. The van der Waals surface area contributed by atoms with Crippen LogP contribution >= 0.6 is 11.3 Å². The standard InChI is InChI=1S/C23H26FN3O2S/c1-16-13-17(2)21-20(14-16)25-23(30-21)27(8-4-7-26-9-11-29-12-10-26)22(28)18-5-3-6-19(24)15-18/h3,5-6,13-15H,4,7-12H2,1-2H3. The Kier molecular flexibility index (Phi) is 6.41. The van der Waals surface area contributed by atoms with Gasteiger partial charge in [0.05, 0.1) is 23.4 Å². The van der Waals surface area contributed by atoms with Crippen molar-refractivity contribution in [2.24, 2.45) is 0 Å². The summed E-state index contributed by atoms with van der Waals surface area (Å²) in [6.45, 7) is 8.86. The first-order chi connectivity index (χ1) is 14.5. The Bertz CT molecular complexity index is 1050. The van der Waals surface area contributed by atoms with Gasteiger partial charge in [0.25, 0.3) is 5.91 Å². The number of aryl methyl sites for hydroxylation is 2. The number of fused-ring (bicyclic) bond motifs is 1. The Morgan fingerprint density at radius 2 is 2.03 bits per heavy atom. The van der Waals surface area contributed by atoms with Gasteiger partial charge in [0.15, 0.2) is 5.13 Å². The zero-order chi connectivity index (χ0) is 21.1. The molecule has 0 unspecified atom stereocenters. The number of morpholine rings is 1. The molecular formula is C23H26FN3O2S. The van der Waals surface area contributed by atoms with Gasteiger partial charge < -0.3 is 4.74 Å². The summed E-state index contributed by atoms with van der Waals surface area (Å²) in [4.78, 5) is 22.1. The quantitative estimate of drug-likeness (QED) is 0.584. The van der Waals surface area contributed by atoms with Crippen LogP contribution in [0.15, 0.2) is 36.4 Å². The Morgan fingerprint density at radius 3 is 2.80 bits per heavy atom. The molecule has 1 saturated heterocycles. The summed E-state index contributed by atoms with van der Waals surface area (Å²) < 4.78 is 20.2. The molecule has 5 nitrogen and oxygen atoms in total. The molecule has 0 N–H and O–H groups in total. The largest absolute Gasteiger partial charge is 0.379 e. The van der Waals surface area contributed by atoms with Crippen LogP contribution in [0.4, 0.5) is 9.52 Å². The number of halogens is 1. The monoisotopic (exact) mass is 427 g/mol. The number of carbonyl (C=O) groups excluding carboxylic acids is 1. The van der Waals surface area contributed by atoms with Crippen molar-refractivity contribution in [2.45, 2.75) is 20.3 Å². The summed E-state index contributed by atoms with van der Waals surface area (Å²) in [6.07, 6.45) is 0.814. The van der Waals surface area contributed by atoms with Crippen molar-refractivity contribution in [2.75, 3.05) is 44.3 Å². The van der Waals surface area contributed by atoms with E-state index in [2.05, 4.69) is 17.9 Å². The zero-order valence-corrected chi connectivity index (χ0v) is 18.2. The molecule has 1 aliphatic rings. The first-order valence-corrected chi connectivity index (χ1v) is 11.1. The minimum absolute atomic E-state index is 0.218. The first kappa shape index (κ1) is 20.9. The summed E-state index contributed by atoms with van der Waals surface area (Å²) in [5, 5.41) is 0.662. The van der Waals surface area contributed by atoms with E-state index < -0.39 is 5.82 Å². The van der Waals surface area contributed by atoms with Gasteiger partial charge in [-0.15, -0.1) is 0 Å². The van der Waals surface area contributed by atoms with Crippen LogP contribution in [-0.2, 0) is 4.74 Å². The van der Waals surface area contributed by atoms with E-state index in [0.29, 0.717) is 17.2 Å². The topological polar surface area (TPSA) is 45.7 Å². The maximum absolute atomic E-state index is 13.8. The minimum Gasteiger partial charge on any atom is -0.379 e. The van der Waals surface area contributed by atoms with E-state index >= 15 is 0 Å². The number of hydrogen-bond donors (Lipinski definition) is 0. The molecule has 2 heterocycles. The molecule has 0 aliphatic carbocycles. The van der Waals surface area contributed by atoms with Crippen molar-refractivity contribution in [1.82, 2.24) is 9.88 Å². The van der Waals surface area contributed by atoms with Gasteiger partial charge in [-0.25, -0.2) is 9.37 Å². The van der Waals surface area contributed by atoms with Gasteiger partial charge in [-0.3, -0.25) is 14.6 Å². The van der Waals surface area contributed by atoms with Crippen LogP contribution in [0.1, 0.15) is 27.9 Å². The number of benzene rings is 2. The summed E-state index contributed by atoms with van der Waals surface area (Å²) in [5.74, 6) is -0.630. The number of hydrogen-bond acceptors (Lipinski definition) is 5. The Labute approximate surface area is 180 Å². The smallest absolute Gasteiger partial charge is 0.260 e. The van der Waals surface area contributed by atoms with E-state index in [1.807, 2.05) is 13.0 Å². The molecule has 158 valence electrons. The third-order valence-corrected chi connectivity index (χ3v) is 6.55. The number of ether oxygens (including phenoxy) is 1. The fourth-order valence-electron chi connectivity index (χ4n) is 3.82. The fraction of sp³-hybridized carbons (Fsp3) is 0.391. The molecule has 1 aliphatic heterocycles. The lowest BCUT2D eigenvalue weighted by atomic mass is 10.1. The molecule has 0 radical (unpaired) electrons. The van der Waals surface area contributed by atoms with E-state index in [0.717, 1.165) is 60.6 Å². The van der Waals surface area contributed by atoms with Crippen molar-refractivity contribution < 1.29 is 13.9 Å². The minimum atomic E-state index is -0.412. The number of thiazole rings is 1. The zero-order valence-electron chi connectivity index (χ0n) is 17.4. The van der Waals surface area contributed by atoms with Gasteiger partial charge >= 0.3 is 0 Å². The third-order valence-electron chi connectivity index (χ3n) is 5.32. The SMILES string of the molecule is Cc1cc(C)c2sc(N(CCCN3CCOCC3)C(=O)c3cccc(F)c3)nc2c1. The molecule has 0 saturated carbocycles. The molecule has 2 aromatic carbocycles. The van der Waals surface area contributed by atoms with Crippen LogP contribution in [-0.4, -0.2) is 55.2 Å². The molecule has 1 fully saturated rings. The van der Waals surface area contributed by atoms with Crippen molar-refractivity contribution in [3.63, 3.8) is 0 Å². The Balaban J connectivity index is 1.60. The number of anilines is 1. The molecule has 30 heavy (non-hydrogen) atoms. The number of rotatable bonds is 6. The Morgan fingerprint density at radius 1 is 1.23 bits per heavy atom.